The fourth-order valence-electron chi connectivity index (χ4n) is 1.23. The van der Waals surface area contributed by atoms with E-state index in [1.54, 1.807) is 0 Å². The van der Waals surface area contributed by atoms with E-state index in [1.165, 1.54) is 12.1 Å². The molecule has 0 fully saturated rings. The number of nitrogen functional groups attached to an aromatic ring is 1. The van der Waals surface area contributed by atoms with Crippen LogP contribution in [0.2, 0.25) is 5.02 Å². The second kappa shape index (κ2) is 3.03. The van der Waals surface area contributed by atoms with Crippen molar-refractivity contribution >= 4 is 28.3 Å². The molecule has 80 valence electrons. The van der Waals surface area contributed by atoms with Gasteiger partial charge in [0.15, 0.2) is 0 Å². The number of hydrogen-bond acceptors (Lipinski definition) is 2. The van der Waals surface area contributed by atoms with Crippen molar-refractivity contribution in [3.63, 3.8) is 0 Å². The summed E-state index contributed by atoms with van der Waals surface area (Å²) in [6.07, 6.45) is -4.52. The summed E-state index contributed by atoms with van der Waals surface area (Å²) in [6, 6.07) is 2.70. The Kier molecular flexibility index (Phi) is 2.04. The van der Waals surface area contributed by atoms with Crippen molar-refractivity contribution in [2.24, 2.45) is 0 Å². The lowest BCUT2D eigenvalue weighted by molar-refractivity contribution is -0.144. The van der Waals surface area contributed by atoms with Gasteiger partial charge in [0.25, 0.3) is 0 Å². The normalized spacial score (nSPS) is 12.3. The first-order valence-electron chi connectivity index (χ1n) is 3.90. The summed E-state index contributed by atoms with van der Waals surface area (Å²) >= 11 is 5.70. The van der Waals surface area contributed by atoms with Gasteiger partial charge < -0.3 is 10.7 Å². The second-order valence-corrected chi connectivity index (χ2v) is 3.39. The summed E-state index contributed by atoms with van der Waals surface area (Å²) in [6.45, 7) is 0. The van der Waals surface area contributed by atoms with Crippen LogP contribution in [-0.2, 0) is 6.18 Å². The number of nitrogens with zero attached hydrogens (tertiary/aromatic N) is 1. The number of rotatable bonds is 0. The van der Waals surface area contributed by atoms with E-state index in [2.05, 4.69) is 9.97 Å². The molecule has 2 rings (SSSR count). The Morgan fingerprint density at radius 1 is 1.33 bits per heavy atom. The van der Waals surface area contributed by atoms with Gasteiger partial charge in [-0.2, -0.15) is 13.2 Å². The fraction of sp³-hybridized carbons (Fsp3) is 0.125. The lowest BCUT2D eigenvalue weighted by Gasteiger charge is -1.98. The SMILES string of the molecule is Nc1cc(Cl)c2nc(C(F)(F)F)[nH]c2c1. The van der Waals surface area contributed by atoms with E-state index in [0.717, 1.165) is 0 Å². The van der Waals surface area contributed by atoms with Crippen molar-refractivity contribution in [2.45, 2.75) is 6.18 Å². The first-order chi connectivity index (χ1) is 6.88. The molecule has 0 bridgehead atoms. The molecule has 2 aromatic rings. The van der Waals surface area contributed by atoms with Crippen molar-refractivity contribution in [2.75, 3.05) is 5.73 Å². The zero-order valence-electron chi connectivity index (χ0n) is 7.19. The van der Waals surface area contributed by atoms with Gasteiger partial charge in [-0.05, 0) is 12.1 Å². The first kappa shape index (κ1) is 10.1. The summed E-state index contributed by atoms with van der Waals surface area (Å²) in [5.41, 5.74) is 5.95. The van der Waals surface area contributed by atoms with E-state index in [1.807, 2.05) is 0 Å². The number of aromatic nitrogens is 2. The highest BCUT2D eigenvalue weighted by Gasteiger charge is 2.35. The maximum Gasteiger partial charge on any atom is 0.449 e. The zero-order valence-corrected chi connectivity index (χ0v) is 7.95. The van der Waals surface area contributed by atoms with Gasteiger partial charge in [-0.1, -0.05) is 11.6 Å². The number of aromatic amines is 1. The molecule has 3 nitrogen and oxygen atoms in total. The average molecular weight is 236 g/mol. The maximum absolute atomic E-state index is 12.3. The first-order valence-corrected chi connectivity index (χ1v) is 4.27. The summed E-state index contributed by atoms with van der Waals surface area (Å²) in [7, 11) is 0. The van der Waals surface area contributed by atoms with Crippen molar-refractivity contribution < 1.29 is 13.2 Å². The van der Waals surface area contributed by atoms with E-state index in [-0.39, 0.29) is 21.7 Å². The zero-order chi connectivity index (χ0) is 11.2. The van der Waals surface area contributed by atoms with E-state index in [4.69, 9.17) is 17.3 Å². The minimum Gasteiger partial charge on any atom is -0.399 e. The summed E-state index contributed by atoms with van der Waals surface area (Å²) in [4.78, 5) is 5.47. The second-order valence-electron chi connectivity index (χ2n) is 2.98. The van der Waals surface area contributed by atoms with E-state index < -0.39 is 12.0 Å². The monoisotopic (exact) mass is 235 g/mol. The predicted molar refractivity (Wildman–Crippen MR) is 50.5 cm³/mol. The van der Waals surface area contributed by atoms with Crippen LogP contribution in [-0.4, -0.2) is 9.97 Å². The summed E-state index contributed by atoms with van der Waals surface area (Å²) < 4.78 is 36.9. The summed E-state index contributed by atoms with van der Waals surface area (Å²) in [5, 5.41) is 0.0942. The molecule has 0 radical (unpaired) electrons. The van der Waals surface area contributed by atoms with Crippen molar-refractivity contribution in [1.82, 2.24) is 9.97 Å². The number of H-pyrrole nitrogens is 1. The van der Waals surface area contributed by atoms with Gasteiger partial charge in [0.2, 0.25) is 5.82 Å². The van der Waals surface area contributed by atoms with Crippen LogP contribution < -0.4 is 5.73 Å². The molecule has 0 spiro atoms. The Morgan fingerprint density at radius 3 is 2.60 bits per heavy atom. The van der Waals surface area contributed by atoms with Crippen LogP contribution in [0.3, 0.4) is 0 Å². The number of halogens is 4. The maximum atomic E-state index is 12.3. The molecule has 7 heteroatoms. The van der Waals surface area contributed by atoms with Crippen LogP contribution in [0.1, 0.15) is 5.82 Å². The van der Waals surface area contributed by atoms with Crippen LogP contribution in [0.4, 0.5) is 18.9 Å². The third kappa shape index (κ3) is 1.72. The Hall–Kier alpha value is -1.43. The van der Waals surface area contributed by atoms with Crippen molar-refractivity contribution in [3.05, 3.63) is 23.0 Å². The number of nitrogens with one attached hydrogen (secondary N) is 1. The average Bonchev–Trinajstić information content (AvgIpc) is 2.46. The molecule has 0 unspecified atom stereocenters. The van der Waals surface area contributed by atoms with Gasteiger partial charge in [0.05, 0.1) is 10.5 Å². The minimum absolute atomic E-state index is 0.0678. The number of imidazole rings is 1. The van der Waals surface area contributed by atoms with Crippen LogP contribution in [0.5, 0.6) is 0 Å². The molecule has 0 amide bonds. The number of alkyl halides is 3. The number of hydrogen-bond donors (Lipinski definition) is 2. The molecule has 1 aromatic heterocycles. The predicted octanol–water partition coefficient (Wildman–Crippen LogP) is 2.82. The van der Waals surface area contributed by atoms with Gasteiger partial charge in [-0.25, -0.2) is 4.98 Å². The Labute approximate surface area is 87.0 Å². The molecule has 1 aromatic carbocycles. The number of benzene rings is 1. The highest BCUT2D eigenvalue weighted by atomic mass is 35.5. The van der Waals surface area contributed by atoms with Crippen LogP contribution in [0.15, 0.2) is 12.1 Å². The Balaban J connectivity index is 2.71. The van der Waals surface area contributed by atoms with Gasteiger partial charge in [-0.3, -0.25) is 0 Å². The molecular formula is C8H5ClF3N3. The smallest absolute Gasteiger partial charge is 0.399 e. The molecule has 0 saturated carbocycles. The van der Waals surface area contributed by atoms with E-state index >= 15 is 0 Å². The summed E-state index contributed by atoms with van der Waals surface area (Å²) in [5.74, 6) is -1.08. The van der Waals surface area contributed by atoms with Gasteiger partial charge in [-0.15, -0.1) is 0 Å². The number of anilines is 1. The standard InChI is InChI=1S/C8H5ClF3N3/c9-4-1-3(13)2-5-6(4)15-7(14-5)8(10,11)12/h1-2H,13H2,(H,14,15). The third-order valence-electron chi connectivity index (χ3n) is 1.83. The molecular weight excluding hydrogens is 231 g/mol. The quantitative estimate of drug-likeness (QED) is 0.690. The van der Waals surface area contributed by atoms with Crippen LogP contribution in [0, 0.1) is 0 Å². The van der Waals surface area contributed by atoms with Gasteiger partial charge >= 0.3 is 6.18 Å². The molecule has 15 heavy (non-hydrogen) atoms. The van der Waals surface area contributed by atoms with Crippen molar-refractivity contribution in [1.29, 1.82) is 0 Å². The molecule has 0 aliphatic heterocycles. The number of nitrogens with two attached hydrogens (primary N) is 1. The topological polar surface area (TPSA) is 54.7 Å². The molecule has 3 N–H and O–H groups in total. The molecule has 0 aliphatic rings. The lowest BCUT2D eigenvalue weighted by atomic mass is 10.3. The van der Waals surface area contributed by atoms with E-state index in [0.29, 0.717) is 0 Å². The molecule has 1 heterocycles. The Bertz CT molecular complexity index is 518. The molecule has 0 saturated heterocycles. The highest BCUT2D eigenvalue weighted by Crippen LogP contribution is 2.31. The van der Waals surface area contributed by atoms with Crippen molar-refractivity contribution in [3.8, 4) is 0 Å². The van der Waals surface area contributed by atoms with Gasteiger partial charge in [0, 0.05) is 5.69 Å². The van der Waals surface area contributed by atoms with Crippen LogP contribution >= 0.6 is 11.6 Å². The molecule has 0 atom stereocenters. The molecule has 0 aliphatic carbocycles. The largest absolute Gasteiger partial charge is 0.449 e. The van der Waals surface area contributed by atoms with Crippen LogP contribution in [0.25, 0.3) is 11.0 Å². The third-order valence-corrected chi connectivity index (χ3v) is 2.12. The number of fused-ring (bicyclic) bond motifs is 1. The van der Waals surface area contributed by atoms with Gasteiger partial charge in [0.1, 0.15) is 5.52 Å². The lowest BCUT2D eigenvalue weighted by Crippen LogP contribution is -2.06. The fourth-order valence-corrected chi connectivity index (χ4v) is 1.50. The highest BCUT2D eigenvalue weighted by molar-refractivity contribution is 6.35. The Morgan fingerprint density at radius 2 is 2.00 bits per heavy atom. The van der Waals surface area contributed by atoms with E-state index in [9.17, 15) is 13.2 Å². The minimum atomic E-state index is -4.52.